The van der Waals surface area contributed by atoms with Crippen LogP contribution >= 0.6 is 11.3 Å². The maximum absolute atomic E-state index is 6.23. The van der Waals surface area contributed by atoms with Gasteiger partial charge in [-0.2, -0.15) is 0 Å². The van der Waals surface area contributed by atoms with Crippen LogP contribution in [-0.4, -0.2) is 12.7 Å². The Balaban J connectivity index is 2.94. The van der Waals surface area contributed by atoms with Crippen molar-refractivity contribution in [2.75, 3.05) is 7.11 Å². The molecule has 0 aliphatic heterocycles. The summed E-state index contributed by atoms with van der Waals surface area (Å²) in [4.78, 5) is 1.23. The van der Waals surface area contributed by atoms with E-state index in [1.165, 1.54) is 10.4 Å². The third-order valence-corrected chi connectivity index (χ3v) is 4.11. The molecule has 1 rings (SSSR count). The second-order valence-corrected chi connectivity index (χ2v) is 4.76. The molecule has 2 nitrogen and oxygen atoms in total. The molecule has 2 N–H and O–H groups in total. The molecule has 0 fully saturated rings. The highest BCUT2D eigenvalue weighted by Crippen LogP contribution is 2.33. The number of ether oxygens (including phenoxy) is 1. The summed E-state index contributed by atoms with van der Waals surface area (Å²) in [5.74, 6) is 0. The first-order chi connectivity index (χ1) is 6.55. The van der Waals surface area contributed by atoms with Crippen molar-refractivity contribution in [3.63, 3.8) is 0 Å². The Labute approximate surface area is 90.1 Å². The second-order valence-electron chi connectivity index (χ2n) is 3.82. The molecule has 3 heteroatoms. The lowest BCUT2D eigenvalue weighted by atomic mass is 9.91. The molecule has 0 bridgehead atoms. The fraction of sp³-hybridized carbons (Fsp3) is 0.636. The van der Waals surface area contributed by atoms with Gasteiger partial charge in [-0.1, -0.05) is 6.92 Å². The Hall–Kier alpha value is -0.380. The highest BCUT2D eigenvalue weighted by atomic mass is 32.1. The van der Waals surface area contributed by atoms with E-state index in [0.717, 1.165) is 6.42 Å². The molecule has 1 heterocycles. The summed E-state index contributed by atoms with van der Waals surface area (Å²) in [6.45, 7) is 6.26. The molecule has 0 spiro atoms. The largest absolute Gasteiger partial charge is 0.377 e. The number of rotatable bonds is 4. The Morgan fingerprint density at radius 2 is 2.29 bits per heavy atom. The molecule has 80 valence electrons. The van der Waals surface area contributed by atoms with Gasteiger partial charge in [0.2, 0.25) is 0 Å². The summed E-state index contributed by atoms with van der Waals surface area (Å²) >= 11 is 1.71. The van der Waals surface area contributed by atoms with Crippen molar-refractivity contribution >= 4 is 11.3 Å². The van der Waals surface area contributed by atoms with E-state index in [1.54, 1.807) is 18.4 Å². The topological polar surface area (TPSA) is 35.2 Å². The molecule has 0 aromatic carbocycles. The van der Waals surface area contributed by atoms with Crippen LogP contribution in [0.25, 0.3) is 0 Å². The number of methoxy groups -OCH3 is 1. The van der Waals surface area contributed by atoms with Crippen LogP contribution in [0.15, 0.2) is 11.4 Å². The van der Waals surface area contributed by atoms with Crippen molar-refractivity contribution in [3.8, 4) is 0 Å². The number of hydrogen-bond acceptors (Lipinski definition) is 3. The van der Waals surface area contributed by atoms with Gasteiger partial charge in [0.1, 0.15) is 0 Å². The molecule has 14 heavy (non-hydrogen) atoms. The molecule has 2 atom stereocenters. The highest BCUT2D eigenvalue weighted by Gasteiger charge is 2.32. The zero-order valence-corrected chi connectivity index (χ0v) is 10.1. The van der Waals surface area contributed by atoms with Crippen LogP contribution in [0.3, 0.4) is 0 Å². The van der Waals surface area contributed by atoms with Crippen molar-refractivity contribution in [1.82, 2.24) is 0 Å². The van der Waals surface area contributed by atoms with E-state index in [2.05, 4.69) is 32.2 Å². The summed E-state index contributed by atoms with van der Waals surface area (Å²) in [6.07, 6.45) is 0.919. The number of thiophene rings is 1. The molecule has 0 radical (unpaired) electrons. The van der Waals surface area contributed by atoms with E-state index >= 15 is 0 Å². The fourth-order valence-corrected chi connectivity index (χ4v) is 2.54. The normalized spacial score (nSPS) is 17.8. The maximum atomic E-state index is 6.23. The lowest BCUT2D eigenvalue weighted by Gasteiger charge is -2.33. The minimum atomic E-state index is -0.254. The van der Waals surface area contributed by atoms with E-state index in [1.807, 2.05) is 0 Å². The van der Waals surface area contributed by atoms with Gasteiger partial charge in [-0.3, -0.25) is 0 Å². The smallest absolute Gasteiger partial charge is 0.0847 e. The van der Waals surface area contributed by atoms with Gasteiger partial charge in [-0.05, 0) is 37.3 Å². The third kappa shape index (κ3) is 2.00. The van der Waals surface area contributed by atoms with Crippen molar-refractivity contribution in [2.24, 2.45) is 5.73 Å². The molecule has 0 amide bonds. The SMILES string of the molecule is CCC(C)(OC)C(N)c1sccc1C. The Bertz CT molecular complexity index is 291. The third-order valence-electron chi connectivity index (χ3n) is 3.01. The van der Waals surface area contributed by atoms with Gasteiger partial charge in [0.25, 0.3) is 0 Å². The van der Waals surface area contributed by atoms with Gasteiger partial charge in [-0.15, -0.1) is 11.3 Å². The quantitative estimate of drug-likeness (QED) is 0.834. The monoisotopic (exact) mass is 213 g/mol. The predicted molar refractivity (Wildman–Crippen MR) is 61.7 cm³/mol. The minimum absolute atomic E-state index is 0.0301. The first-order valence-corrected chi connectivity index (χ1v) is 5.78. The Morgan fingerprint density at radius 1 is 1.64 bits per heavy atom. The van der Waals surface area contributed by atoms with E-state index in [9.17, 15) is 0 Å². The van der Waals surface area contributed by atoms with Crippen LogP contribution in [0.5, 0.6) is 0 Å². The average Bonchev–Trinajstić information content (AvgIpc) is 2.62. The molecule has 1 aromatic rings. The molecule has 0 aliphatic carbocycles. The average molecular weight is 213 g/mol. The second kappa shape index (κ2) is 4.43. The molecule has 1 aromatic heterocycles. The van der Waals surface area contributed by atoms with Crippen molar-refractivity contribution in [1.29, 1.82) is 0 Å². The Kier molecular flexibility index (Phi) is 3.70. The van der Waals surface area contributed by atoms with Gasteiger partial charge in [0, 0.05) is 12.0 Å². The Morgan fingerprint density at radius 3 is 2.64 bits per heavy atom. The van der Waals surface area contributed by atoms with E-state index < -0.39 is 0 Å². The lowest BCUT2D eigenvalue weighted by Crippen LogP contribution is -2.39. The summed E-state index contributed by atoms with van der Waals surface area (Å²) in [5, 5.41) is 2.08. The molecular weight excluding hydrogens is 194 g/mol. The summed E-state index contributed by atoms with van der Waals surface area (Å²) in [6, 6.07) is 2.07. The first-order valence-electron chi connectivity index (χ1n) is 4.90. The molecular formula is C11H19NOS. The van der Waals surface area contributed by atoms with Gasteiger partial charge >= 0.3 is 0 Å². The van der Waals surface area contributed by atoms with Crippen LogP contribution in [0.4, 0.5) is 0 Å². The van der Waals surface area contributed by atoms with Gasteiger partial charge in [0.05, 0.1) is 11.6 Å². The minimum Gasteiger partial charge on any atom is -0.377 e. The highest BCUT2D eigenvalue weighted by molar-refractivity contribution is 7.10. The van der Waals surface area contributed by atoms with Gasteiger partial charge < -0.3 is 10.5 Å². The molecule has 0 saturated heterocycles. The van der Waals surface area contributed by atoms with E-state index in [4.69, 9.17) is 10.5 Å². The van der Waals surface area contributed by atoms with Crippen molar-refractivity contribution < 1.29 is 4.74 Å². The van der Waals surface area contributed by atoms with Crippen LogP contribution in [0, 0.1) is 6.92 Å². The number of aryl methyl sites for hydroxylation is 1. The van der Waals surface area contributed by atoms with Crippen LogP contribution in [-0.2, 0) is 4.74 Å². The van der Waals surface area contributed by atoms with E-state index in [-0.39, 0.29) is 11.6 Å². The summed E-state index contributed by atoms with van der Waals surface area (Å²) < 4.78 is 5.51. The maximum Gasteiger partial charge on any atom is 0.0847 e. The van der Waals surface area contributed by atoms with Crippen LogP contribution in [0.2, 0.25) is 0 Å². The summed E-state index contributed by atoms with van der Waals surface area (Å²) in [7, 11) is 1.73. The summed E-state index contributed by atoms with van der Waals surface area (Å²) in [5.41, 5.74) is 7.23. The lowest BCUT2D eigenvalue weighted by molar-refractivity contribution is -0.0187. The van der Waals surface area contributed by atoms with Gasteiger partial charge in [-0.25, -0.2) is 0 Å². The van der Waals surface area contributed by atoms with Crippen LogP contribution < -0.4 is 5.73 Å². The zero-order chi connectivity index (χ0) is 10.8. The van der Waals surface area contributed by atoms with E-state index in [0.29, 0.717) is 0 Å². The van der Waals surface area contributed by atoms with Gasteiger partial charge in [0.15, 0.2) is 0 Å². The first kappa shape index (κ1) is 11.7. The fourth-order valence-electron chi connectivity index (χ4n) is 1.47. The molecule has 0 saturated carbocycles. The molecule has 0 aliphatic rings. The zero-order valence-electron chi connectivity index (χ0n) is 9.33. The van der Waals surface area contributed by atoms with Crippen LogP contribution in [0.1, 0.15) is 36.8 Å². The van der Waals surface area contributed by atoms with Crippen molar-refractivity contribution in [2.45, 2.75) is 38.8 Å². The predicted octanol–water partition coefficient (Wildman–Crippen LogP) is 2.87. The molecule has 2 unspecified atom stereocenters. The van der Waals surface area contributed by atoms with Crippen molar-refractivity contribution in [3.05, 3.63) is 21.9 Å². The number of hydrogen-bond donors (Lipinski definition) is 1. The standard InChI is InChI=1S/C11H19NOS/c1-5-11(3,13-4)10(12)9-8(2)6-7-14-9/h6-7,10H,5,12H2,1-4H3. The number of nitrogens with two attached hydrogens (primary N) is 1.